The summed E-state index contributed by atoms with van der Waals surface area (Å²) in [5.74, 6) is 1.62. The zero-order valence-electron chi connectivity index (χ0n) is 12.3. The molecule has 1 aliphatic carbocycles. The Morgan fingerprint density at radius 1 is 1.38 bits per heavy atom. The summed E-state index contributed by atoms with van der Waals surface area (Å²) in [5.41, 5.74) is 1.15. The van der Waals surface area contributed by atoms with E-state index in [2.05, 4.69) is 22.5 Å². The highest BCUT2D eigenvalue weighted by atomic mass is 35.5. The fourth-order valence-electron chi connectivity index (χ4n) is 2.34. The van der Waals surface area contributed by atoms with E-state index in [-0.39, 0.29) is 6.10 Å². The molecule has 1 saturated carbocycles. The maximum Gasteiger partial charge on any atom is 0.191 e. The van der Waals surface area contributed by atoms with Gasteiger partial charge in [-0.05, 0) is 43.4 Å². The molecule has 114 valence electrons. The minimum absolute atomic E-state index is 0.0308. The lowest BCUT2D eigenvalue weighted by molar-refractivity contribution is 0.0480. The maximum atomic E-state index is 6.09. The molecule has 1 fully saturated rings. The van der Waals surface area contributed by atoms with Crippen molar-refractivity contribution >= 4 is 17.6 Å². The van der Waals surface area contributed by atoms with Gasteiger partial charge < -0.3 is 15.4 Å². The van der Waals surface area contributed by atoms with E-state index in [0.29, 0.717) is 12.6 Å². The Morgan fingerprint density at radius 2 is 2.14 bits per heavy atom. The van der Waals surface area contributed by atoms with Crippen molar-refractivity contribution < 1.29 is 4.74 Å². The first-order chi connectivity index (χ1) is 10.2. The molecular weight excluding hydrogens is 286 g/mol. The molecule has 21 heavy (non-hydrogen) atoms. The van der Waals surface area contributed by atoms with Crippen molar-refractivity contribution in [3.8, 4) is 0 Å². The van der Waals surface area contributed by atoms with Gasteiger partial charge in [0.05, 0.1) is 19.3 Å². The van der Waals surface area contributed by atoms with Gasteiger partial charge in [0.15, 0.2) is 5.96 Å². The molecule has 1 heterocycles. The summed E-state index contributed by atoms with van der Waals surface area (Å²) in [7, 11) is 0. The van der Waals surface area contributed by atoms with Crippen LogP contribution in [0, 0.1) is 5.92 Å². The number of nitrogens with zero attached hydrogens (tertiary/aromatic N) is 1. The molecule has 2 unspecified atom stereocenters. The third-order valence-corrected chi connectivity index (χ3v) is 4.09. The first-order valence-corrected chi connectivity index (χ1v) is 8.00. The van der Waals surface area contributed by atoms with Crippen LogP contribution in [0.2, 0.25) is 5.02 Å². The lowest BCUT2D eigenvalue weighted by Gasteiger charge is -2.20. The van der Waals surface area contributed by atoms with E-state index < -0.39 is 0 Å². The maximum absolute atomic E-state index is 6.09. The Labute approximate surface area is 130 Å². The number of hydrogen-bond donors (Lipinski definition) is 2. The van der Waals surface area contributed by atoms with E-state index in [4.69, 9.17) is 16.3 Å². The van der Waals surface area contributed by atoms with Gasteiger partial charge in [0, 0.05) is 17.6 Å². The summed E-state index contributed by atoms with van der Waals surface area (Å²) >= 11 is 5.97. The molecule has 0 bridgehead atoms. The van der Waals surface area contributed by atoms with Crippen molar-refractivity contribution in [2.45, 2.75) is 31.9 Å². The van der Waals surface area contributed by atoms with Crippen molar-refractivity contribution in [1.29, 1.82) is 0 Å². The van der Waals surface area contributed by atoms with E-state index in [1.807, 2.05) is 24.3 Å². The van der Waals surface area contributed by atoms with Crippen LogP contribution in [-0.4, -0.2) is 31.7 Å². The van der Waals surface area contributed by atoms with E-state index in [9.17, 15) is 0 Å². The van der Waals surface area contributed by atoms with Gasteiger partial charge in [-0.3, -0.25) is 4.99 Å². The van der Waals surface area contributed by atoms with Crippen LogP contribution in [0.25, 0.3) is 0 Å². The molecule has 0 spiro atoms. The van der Waals surface area contributed by atoms with Crippen LogP contribution < -0.4 is 10.6 Å². The molecule has 4 nitrogen and oxygen atoms in total. The van der Waals surface area contributed by atoms with Gasteiger partial charge in [-0.2, -0.15) is 0 Å². The smallest absolute Gasteiger partial charge is 0.191 e. The summed E-state index contributed by atoms with van der Waals surface area (Å²) in [6.45, 7) is 4.51. The summed E-state index contributed by atoms with van der Waals surface area (Å²) in [4.78, 5) is 4.42. The largest absolute Gasteiger partial charge is 0.371 e. The lowest BCUT2D eigenvalue weighted by Crippen LogP contribution is -2.39. The monoisotopic (exact) mass is 307 g/mol. The van der Waals surface area contributed by atoms with Crippen molar-refractivity contribution in [1.82, 2.24) is 10.6 Å². The van der Waals surface area contributed by atoms with Crippen LogP contribution in [0.1, 0.15) is 31.4 Å². The SMILES string of the molecule is CC1CN=C(NCC(OCC2CC2)c2ccc(Cl)cc2)N1. The van der Waals surface area contributed by atoms with Gasteiger partial charge >= 0.3 is 0 Å². The number of guanidine groups is 1. The van der Waals surface area contributed by atoms with Crippen LogP contribution in [-0.2, 0) is 4.74 Å². The van der Waals surface area contributed by atoms with Crippen LogP contribution in [0.4, 0.5) is 0 Å². The number of rotatable bonds is 6. The van der Waals surface area contributed by atoms with Gasteiger partial charge in [0.1, 0.15) is 0 Å². The molecule has 2 N–H and O–H groups in total. The van der Waals surface area contributed by atoms with Gasteiger partial charge in [0.25, 0.3) is 0 Å². The van der Waals surface area contributed by atoms with Crippen molar-refractivity contribution in [3.05, 3.63) is 34.9 Å². The second-order valence-corrected chi connectivity index (χ2v) is 6.37. The molecule has 3 rings (SSSR count). The van der Waals surface area contributed by atoms with E-state index in [0.717, 1.165) is 35.6 Å². The van der Waals surface area contributed by atoms with Crippen LogP contribution in [0.15, 0.2) is 29.3 Å². The Hall–Kier alpha value is -1.26. The molecule has 0 amide bonds. The molecule has 5 heteroatoms. The molecule has 2 aliphatic rings. The van der Waals surface area contributed by atoms with Crippen LogP contribution in [0.5, 0.6) is 0 Å². The number of hydrogen-bond acceptors (Lipinski definition) is 4. The number of ether oxygens (including phenoxy) is 1. The Kier molecular flexibility index (Phi) is 4.66. The quantitative estimate of drug-likeness (QED) is 0.849. The Morgan fingerprint density at radius 3 is 2.76 bits per heavy atom. The summed E-state index contributed by atoms with van der Waals surface area (Å²) < 4.78 is 6.09. The average Bonchev–Trinajstić information content (AvgIpc) is 3.22. The van der Waals surface area contributed by atoms with E-state index >= 15 is 0 Å². The standard InChI is InChI=1S/C16H22ClN3O/c1-11-8-18-16(20-11)19-9-15(21-10-12-2-3-12)13-4-6-14(17)7-5-13/h4-7,11-12,15H,2-3,8-10H2,1H3,(H2,18,19,20). The fourth-order valence-corrected chi connectivity index (χ4v) is 2.46. The third-order valence-electron chi connectivity index (χ3n) is 3.83. The van der Waals surface area contributed by atoms with Crippen molar-refractivity contribution in [2.24, 2.45) is 10.9 Å². The third kappa shape index (κ3) is 4.35. The van der Waals surface area contributed by atoms with Crippen molar-refractivity contribution in [2.75, 3.05) is 19.7 Å². The van der Waals surface area contributed by atoms with Gasteiger partial charge in [0.2, 0.25) is 0 Å². The molecule has 0 radical (unpaired) electrons. The number of halogens is 1. The zero-order chi connectivity index (χ0) is 14.7. The lowest BCUT2D eigenvalue weighted by atomic mass is 10.1. The second-order valence-electron chi connectivity index (χ2n) is 5.93. The number of benzene rings is 1. The van der Waals surface area contributed by atoms with Gasteiger partial charge in [-0.1, -0.05) is 23.7 Å². The van der Waals surface area contributed by atoms with Crippen LogP contribution in [0.3, 0.4) is 0 Å². The van der Waals surface area contributed by atoms with Crippen LogP contribution >= 0.6 is 11.6 Å². The van der Waals surface area contributed by atoms with E-state index in [1.54, 1.807) is 0 Å². The molecule has 2 atom stereocenters. The fraction of sp³-hybridized carbons (Fsp3) is 0.562. The molecule has 1 aromatic carbocycles. The predicted molar refractivity (Wildman–Crippen MR) is 85.8 cm³/mol. The highest BCUT2D eigenvalue weighted by Crippen LogP contribution is 2.31. The first kappa shape index (κ1) is 14.7. The second kappa shape index (κ2) is 6.67. The highest BCUT2D eigenvalue weighted by molar-refractivity contribution is 6.30. The summed E-state index contributed by atoms with van der Waals surface area (Å²) in [6.07, 6.45) is 2.63. The predicted octanol–water partition coefficient (Wildman–Crippen LogP) is 2.75. The Bertz CT molecular complexity index is 499. The topological polar surface area (TPSA) is 45.7 Å². The molecule has 0 saturated heterocycles. The molecule has 1 aliphatic heterocycles. The first-order valence-electron chi connectivity index (χ1n) is 7.62. The zero-order valence-corrected chi connectivity index (χ0v) is 13.1. The van der Waals surface area contributed by atoms with Gasteiger partial charge in [-0.15, -0.1) is 0 Å². The summed E-state index contributed by atoms with van der Waals surface area (Å²) in [5, 5.41) is 7.41. The number of nitrogens with one attached hydrogen (secondary N) is 2. The normalized spacial score (nSPS) is 22.6. The van der Waals surface area contributed by atoms with Crippen molar-refractivity contribution in [3.63, 3.8) is 0 Å². The average molecular weight is 308 g/mol. The van der Waals surface area contributed by atoms with E-state index in [1.165, 1.54) is 12.8 Å². The Balaban J connectivity index is 1.59. The molecule has 1 aromatic rings. The highest BCUT2D eigenvalue weighted by Gasteiger charge is 2.24. The summed E-state index contributed by atoms with van der Waals surface area (Å²) in [6, 6.07) is 8.31. The minimum atomic E-state index is 0.0308. The molecule has 0 aromatic heterocycles. The van der Waals surface area contributed by atoms with Gasteiger partial charge in [-0.25, -0.2) is 0 Å². The molecular formula is C16H22ClN3O. The number of aliphatic imine (C=N–C) groups is 1. The minimum Gasteiger partial charge on any atom is -0.371 e.